The number of nitrogens with one attached hydrogen (secondary N) is 1. The Bertz CT molecular complexity index is 700. The molecule has 25 heavy (non-hydrogen) atoms. The van der Waals surface area contributed by atoms with Crippen molar-refractivity contribution in [3.05, 3.63) is 59.7 Å². The highest BCUT2D eigenvalue weighted by Gasteiger charge is 2.14. The van der Waals surface area contributed by atoms with Crippen molar-refractivity contribution in [2.24, 2.45) is 5.92 Å². The predicted molar refractivity (Wildman–Crippen MR) is 93.9 cm³/mol. The summed E-state index contributed by atoms with van der Waals surface area (Å²) in [6.45, 7) is 5.89. The second-order valence-electron chi connectivity index (χ2n) is 6.30. The highest BCUT2D eigenvalue weighted by molar-refractivity contribution is 5.89. The minimum atomic E-state index is -0.672. The lowest BCUT2D eigenvalue weighted by Crippen LogP contribution is -2.31. The zero-order chi connectivity index (χ0) is 18.2. The highest BCUT2D eigenvalue weighted by Crippen LogP contribution is 2.15. The quantitative estimate of drug-likeness (QED) is 0.783. The van der Waals surface area contributed by atoms with Crippen LogP contribution in [-0.2, 0) is 16.0 Å². The summed E-state index contributed by atoms with van der Waals surface area (Å²) in [5, 5.41) is 2.81. The van der Waals surface area contributed by atoms with Crippen molar-refractivity contribution in [3.63, 3.8) is 0 Å². The molecule has 0 aliphatic carbocycles. The maximum Gasteiger partial charge on any atom is 0.359 e. The maximum atomic E-state index is 12.0. The fourth-order valence-electron chi connectivity index (χ4n) is 2.39. The minimum absolute atomic E-state index is 0.0732. The number of hydrogen-bond donors (Lipinski definition) is 1. The molecule has 0 unspecified atom stereocenters. The standard InChI is InChI=1S/C19H23N3O3/c1-13(2)10-15-4-6-16(7-5-15)14(3)22-18(23)12-25-19(24)17-11-20-8-9-21-17/h4-9,11,13-14H,10,12H2,1-3H3,(H,22,23)/t14-/m0/s1. The van der Waals surface area contributed by atoms with Gasteiger partial charge in [-0.05, 0) is 30.4 Å². The Labute approximate surface area is 147 Å². The van der Waals surface area contributed by atoms with Gasteiger partial charge < -0.3 is 10.1 Å². The van der Waals surface area contributed by atoms with Gasteiger partial charge in [0.2, 0.25) is 0 Å². The maximum absolute atomic E-state index is 12.0. The number of nitrogens with zero attached hydrogens (tertiary/aromatic N) is 2. The van der Waals surface area contributed by atoms with E-state index in [1.165, 1.54) is 24.2 Å². The third kappa shape index (κ3) is 5.99. The average molecular weight is 341 g/mol. The molecule has 0 spiro atoms. The first-order valence-corrected chi connectivity index (χ1v) is 8.27. The summed E-state index contributed by atoms with van der Waals surface area (Å²) in [6, 6.07) is 8.00. The summed E-state index contributed by atoms with van der Waals surface area (Å²) in [5.41, 5.74) is 2.35. The van der Waals surface area contributed by atoms with Gasteiger partial charge in [-0.3, -0.25) is 9.78 Å². The molecule has 6 heteroatoms. The summed E-state index contributed by atoms with van der Waals surface area (Å²) in [7, 11) is 0. The molecule has 2 rings (SSSR count). The van der Waals surface area contributed by atoms with Gasteiger partial charge in [-0.2, -0.15) is 0 Å². The highest BCUT2D eigenvalue weighted by atomic mass is 16.5. The van der Waals surface area contributed by atoms with Gasteiger partial charge in [0.15, 0.2) is 12.3 Å². The zero-order valence-corrected chi connectivity index (χ0v) is 14.7. The van der Waals surface area contributed by atoms with Crippen LogP contribution in [0.4, 0.5) is 0 Å². The van der Waals surface area contributed by atoms with Crippen molar-refractivity contribution in [2.75, 3.05) is 6.61 Å². The Kier molecular flexibility index (Phi) is 6.62. The van der Waals surface area contributed by atoms with Gasteiger partial charge >= 0.3 is 5.97 Å². The van der Waals surface area contributed by atoms with Crippen molar-refractivity contribution in [2.45, 2.75) is 33.2 Å². The lowest BCUT2D eigenvalue weighted by molar-refractivity contribution is -0.124. The fourth-order valence-corrected chi connectivity index (χ4v) is 2.39. The molecule has 6 nitrogen and oxygen atoms in total. The number of carbonyl (C=O) groups is 2. The van der Waals surface area contributed by atoms with Gasteiger partial charge in [-0.15, -0.1) is 0 Å². The van der Waals surface area contributed by atoms with Gasteiger partial charge in [0.05, 0.1) is 12.2 Å². The van der Waals surface area contributed by atoms with Crippen LogP contribution in [0.1, 0.15) is 48.4 Å². The predicted octanol–water partition coefficient (Wildman–Crippen LogP) is 2.71. The SMILES string of the molecule is CC(C)Cc1ccc([C@H](C)NC(=O)COC(=O)c2cnccn2)cc1. The Morgan fingerprint density at radius 1 is 1.12 bits per heavy atom. The van der Waals surface area contributed by atoms with Gasteiger partial charge in [-0.1, -0.05) is 38.1 Å². The molecule has 0 radical (unpaired) electrons. The number of benzene rings is 1. The van der Waals surface area contributed by atoms with Gasteiger partial charge in [-0.25, -0.2) is 9.78 Å². The van der Waals surface area contributed by atoms with E-state index in [4.69, 9.17) is 4.74 Å². The Morgan fingerprint density at radius 2 is 1.84 bits per heavy atom. The number of carbonyl (C=O) groups excluding carboxylic acids is 2. The molecular formula is C19H23N3O3. The van der Waals surface area contributed by atoms with E-state index in [2.05, 4.69) is 41.3 Å². The molecule has 132 valence electrons. The van der Waals surface area contributed by atoms with Crippen LogP contribution in [0.5, 0.6) is 0 Å². The van der Waals surface area contributed by atoms with Crippen LogP contribution in [-0.4, -0.2) is 28.5 Å². The van der Waals surface area contributed by atoms with E-state index in [-0.39, 0.29) is 24.2 Å². The molecule has 0 fully saturated rings. The summed E-state index contributed by atoms with van der Waals surface area (Å²) in [5.74, 6) is -0.433. The first kappa shape index (κ1) is 18.6. The number of esters is 1. The largest absolute Gasteiger partial charge is 0.451 e. The summed E-state index contributed by atoms with van der Waals surface area (Å²) < 4.78 is 4.94. The van der Waals surface area contributed by atoms with E-state index in [0.717, 1.165) is 12.0 Å². The van der Waals surface area contributed by atoms with Gasteiger partial charge in [0.1, 0.15) is 0 Å². The average Bonchev–Trinajstić information content (AvgIpc) is 2.60. The molecule has 0 saturated heterocycles. The number of ether oxygens (including phenoxy) is 1. The topological polar surface area (TPSA) is 81.2 Å². The lowest BCUT2D eigenvalue weighted by Gasteiger charge is -2.15. The lowest BCUT2D eigenvalue weighted by atomic mass is 10.00. The van der Waals surface area contributed by atoms with Crippen LogP contribution >= 0.6 is 0 Å². The van der Waals surface area contributed by atoms with Crippen LogP contribution in [0.15, 0.2) is 42.9 Å². The van der Waals surface area contributed by atoms with Crippen molar-refractivity contribution < 1.29 is 14.3 Å². The van der Waals surface area contributed by atoms with Crippen molar-refractivity contribution in [1.82, 2.24) is 15.3 Å². The molecule has 0 saturated carbocycles. The molecule has 1 amide bonds. The molecule has 1 N–H and O–H groups in total. The first-order valence-electron chi connectivity index (χ1n) is 8.27. The van der Waals surface area contributed by atoms with Crippen molar-refractivity contribution >= 4 is 11.9 Å². The molecule has 0 aliphatic rings. The fraction of sp³-hybridized carbons (Fsp3) is 0.368. The minimum Gasteiger partial charge on any atom is -0.451 e. The normalized spacial score (nSPS) is 11.8. The molecule has 1 aromatic heterocycles. The molecule has 1 aromatic carbocycles. The number of rotatable bonds is 7. The molecule has 0 aliphatic heterocycles. The number of aromatic nitrogens is 2. The molecule has 1 atom stereocenters. The first-order chi connectivity index (χ1) is 12.0. The van der Waals surface area contributed by atoms with E-state index >= 15 is 0 Å². The van der Waals surface area contributed by atoms with Crippen LogP contribution in [0.2, 0.25) is 0 Å². The molecular weight excluding hydrogens is 318 g/mol. The summed E-state index contributed by atoms with van der Waals surface area (Å²) in [6.07, 6.45) is 5.17. The molecule has 0 bridgehead atoms. The number of hydrogen-bond acceptors (Lipinski definition) is 5. The van der Waals surface area contributed by atoms with Crippen LogP contribution in [0, 0.1) is 5.92 Å². The van der Waals surface area contributed by atoms with E-state index < -0.39 is 5.97 Å². The van der Waals surface area contributed by atoms with Crippen molar-refractivity contribution in [1.29, 1.82) is 0 Å². The zero-order valence-electron chi connectivity index (χ0n) is 14.7. The second-order valence-corrected chi connectivity index (χ2v) is 6.30. The Balaban J connectivity index is 1.82. The third-order valence-electron chi connectivity index (χ3n) is 3.61. The summed E-state index contributed by atoms with van der Waals surface area (Å²) in [4.78, 5) is 31.3. The number of amides is 1. The van der Waals surface area contributed by atoms with Gasteiger partial charge in [0, 0.05) is 12.4 Å². The summed E-state index contributed by atoms with van der Waals surface area (Å²) >= 11 is 0. The van der Waals surface area contributed by atoms with Crippen LogP contribution in [0.25, 0.3) is 0 Å². The van der Waals surface area contributed by atoms with Crippen molar-refractivity contribution in [3.8, 4) is 0 Å². The third-order valence-corrected chi connectivity index (χ3v) is 3.61. The van der Waals surface area contributed by atoms with Gasteiger partial charge in [0.25, 0.3) is 5.91 Å². The smallest absolute Gasteiger partial charge is 0.359 e. The van der Waals surface area contributed by atoms with E-state index in [1.807, 2.05) is 19.1 Å². The molecule has 2 aromatic rings. The Hall–Kier alpha value is -2.76. The Morgan fingerprint density at radius 3 is 2.44 bits per heavy atom. The van der Waals surface area contributed by atoms with Crippen LogP contribution < -0.4 is 5.32 Å². The second kappa shape index (κ2) is 8.92. The molecule has 1 heterocycles. The monoisotopic (exact) mass is 341 g/mol. The van der Waals surface area contributed by atoms with E-state index in [1.54, 1.807) is 0 Å². The van der Waals surface area contributed by atoms with Crippen LogP contribution in [0.3, 0.4) is 0 Å². The van der Waals surface area contributed by atoms with E-state index in [0.29, 0.717) is 5.92 Å². The van der Waals surface area contributed by atoms with E-state index in [9.17, 15) is 9.59 Å².